The molecule has 0 saturated carbocycles. The summed E-state index contributed by atoms with van der Waals surface area (Å²) in [5.41, 5.74) is 8.15. The second-order valence-corrected chi connectivity index (χ2v) is 3.63. The molecule has 0 amide bonds. The number of aryl methyl sites for hydroxylation is 1. The zero-order valence-corrected chi connectivity index (χ0v) is 9.24. The molecule has 84 valence electrons. The summed E-state index contributed by atoms with van der Waals surface area (Å²) >= 11 is 0. The summed E-state index contributed by atoms with van der Waals surface area (Å²) < 4.78 is 14.8. The fraction of sp³-hybridized carbons (Fsp3) is 0.273. The zero-order chi connectivity index (χ0) is 11.7. The predicted octanol–water partition coefficient (Wildman–Crippen LogP) is 1.48. The van der Waals surface area contributed by atoms with Crippen LogP contribution in [0, 0.1) is 19.7 Å². The Hall–Kier alpha value is -1.75. The molecule has 4 nitrogen and oxygen atoms in total. The van der Waals surface area contributed by atoms with Gasteiger partial charge in [0.15, 0.2) is 0 Å². The monoisotopic (exact) mass is 220 g/mol. The smallest absolute Gasteiger partial charge is 0.142 e. The molecule has 16 heavy (non-hydrogen) atoms. The Morgan fingerprint density at radius 2 is 2.12 bits per heavy atom. The molecular formula is C11H13FN4. The maximum Gasteiger partial charge on any atom is 0.142 e. The first-order chi connectivity index (χ1) is 7.63. The van der Waals surface area contributed by atoms with Gasteiger partial charge in [0.05, 0.1) is 11.9 Å². The first-order valence-electron chi connectivity index (χ1n) is 4.99. The van der Waals surface area contributed by atoms with Crippen LogP contribution in [-0.4, -0.2) is 14.5 Å². The highest BCUT2D eigenvalue weighted by Crippen LogP contribution is 2.16. The fourth-order valence-electron chi connectivity index (χ4n) is 1.55. The van der Waals surface area contributed by atoms with Gasteiger partial charge in [0, 0.05) is 17.8 Å². The summed E-state index contributed by atoms with van der Waals surface area (Å²) in [6.45, 7) is 4.10. The topological polar surface area (TPSA) is 56.7 Å². The highest BCUT2D eigenvalue weighted by molar-refractivity contribution is 5.36. The number of hydrogen-bond acceptors (Lipinski definition) is 3. The molecule has 0 saturated heterocycles. The molecule has 2 heterocycles. The van der Waals surface area contributed by atoms with Crippen LogP contribution in [-0.2, 0) is 6.54 Å². The van der Waals surface area contributed by atoms with Crippen LogP contribution in [0.2, 0.25) is 0 Å². The summed E-state index contributed by atoms with van der Waals surface area (Å²) in [5, 5.41) is 0. The van der Waals surface area contributed by atoms with Gasteiger partial charge in [0.1, 0.15) is 18.0 Å². The number of aromatic nitrogens is 3. The molecule has 0 aliphatic carbocycles. The van der Waals surface area contributed by atoms with Crippen molar-refractivity contribution < 1.29 is 4.39 Å². The largest absolute Gasteiger partial charge is 0.326 e. The van der Waals surface area contributed by atoms with Gasteiger partial charge in [0.2, 0.25) is 0 Å². The number of hydrogen-bond donors (Lipinski definition) is 1. The van der Waals surface area contributed by atoms with E-state index < -0.39 is 0 Å². The van der Waals surface area contributed by atoms with E-state index in [0.29, 0.717) is 11.4 Å². The van der Waals surface area contributed by atoms with Gasteiger partial charge in [-0.1, -0.05) is 0 Å². The Bertz CT molecular complexity index is 519. The van der Waals surface area contributed by atoms with Crippen LogP contribution in [0.1, 0.15) is 17.0 Å². The summed E-state index contributed by atoms with van der Waals surface area (Å²) in [4.78, 5) is 8.24. The lowest BCUT2D eigenvalue weighted by Gasteiger charge is -2.09. The van der Waals surface area contributed by atoms with Gasteiger partial charge in [-0.25, -0.2) is 14.4 Å². The van der Waals surface area contributed by atoms with E-state index >= 15 is 0 Å². The number of pyridine rings is 1. The third kappa shape index (κ3) is 1.69. The van der Waals surface area contributed by atoms with Crippen LogP contribution >= 0.6 is 0 Å². The van der Waals surface area contributed by atoms with Crippen molar-refractivity contribution in [2.45, 2.75) is 20.4 Å². The van der Waals surface area contributed by atoms with Crippen LogP contribution < -0.4 is 5.73 Å². The van der Waals surface area contributed by atoms with Crippen molar-refractivity contribution in [1.82, 2.24) is 14.5 Å². The minimum atomic E-state index is -0.376. The quantitative estimate of drug-likeness (QED) is 0.834. The third-order valence-corrected chi connectivity index (χ3v) is 2.61. The van der Waals surface area contributed by atoms with Crippen molar-refractivity contribution in [3.8, 4) is 5.82 Å². The van der Waals surface area contributed by atoms with Crippen molar-refractivity contribution in [2.24, 2.45) is 5.73 Å². The van der Waals surface area contributed by atoms with E-state index in [1.165, 1.54) is 12.3 Å². The molecule has 0 radical (unpaired) electrons. The Labute approximate surface area is 92.9 Å². The second kappa shape index (κ2) is 4.02. The standard InChI is InChI=1S/C11H13FN4/c1-7-8(2)16(6-15-7)11-9(4-13)3-10(12)5-14-11/h3,5-6H,4,13H2,1-2H3. The first-order valence-corrected chi connectivity index (χ1v) is 4.99. The Morgan fingerprint density at radius 1 is 1.38 bits per heavy atom. The Kier molecular flexibility index (Phi) is 2.70. The van der Waals surface area contributed by atoms with E-state index in [0.717, 1.165) is 11.4 Å². The van der Waals surface area contributed by atoms with E-state index in [1.54, 1.807) is 6.33 Å². The van der Waals surface area contributed by atoms with Crippen molar-refractivity contribution in [2.75, 3.05) is 0 Å². The van der Waals surface area contributed by atoms with E-state index in [1.807, 2.05) is 18.4 Å². The molecule has 2 N–H and O–H groups in total. The highest BCUT2D eigenvalue weighted by Gasteiger charge is 2.10. The van der Waals surface area contributed by atoms with Crippen molar-refractivity contribution in [1.29, 1.82) is 0 Å². The molecule has 0 spiro atoms. The van der Waals surface area contributed by atoms with Crippen LogP contribution in [0.15, 0.2) is 18.6 Å². The number of nitrogens with zero attached hydrogens (tertiary/aromatic N) is 3. The number of halogens is 1. The van der Waals surface area contributed by atoms with Crippen LogP contribution in [0.5, 0.6) is 0 Å². The van der Waals surface area contributed by atoms with Gasteiger partial charge < -0.3 is 5.73 Å². The Balaban J connectivity index is 2.59. The van der Waals surface area contributed by atoms with Gasteiger partial charge >= 0.3 is 0 Å². The molecule has 2 rings (SSSR count). The normalized spacial score (nSPS) is 10.8. The van der Waals surface area contributed by atoms with E-state index in [4.69, 9.17) is 5.73 Å². The maximum atomic E-state index is 13.0. The van der Waals surface area contributed by atoms with Crippen LogP contribution in [0.4, 0.5) is 4.39 Å². The third-order valence-electron chi connectivity index (χ3n) is 2.61. The van der Waals surface area contributed by atoms with Crippen molar-refractivity contribution in [3.63, 3.8) is 0 Å². The SMILES string of the molecule is Cc1ncn(-c2ncc(F)cc2CN)c1C. The molecule has 0 aliphatic rings. The highest BCUT2D eigenvalue weighted by atomic mass is 19.1. The molecular weight excluding hydrogens is 207 g/mol. The molecule has 2 aromatic rings. The molecule has 5 heteroatoms. The number of rotatable bonds is 2. The maximum absolute atomic E-state index is 13.0. The van der Waals surface area contributed by atoms with Gasteiger partial charge in [-0.2, -0.15) is 0 Å². The van der Waals surface area contributed by atoms with Crippen LogP contribution in [0.25, 0.3) is 5.82 Å². The molecule has 2 aromatic heterocycles. The van der Waals surface area contributed by atoms with Gasteiger partial charge in [-0.3, -0.25) is 4.57 Å². The van der Waals surface area contributed by atoms with Crippen LogP contribution in [0.3, 0.4) is 0 Å². The van der Waals surface area contributed by atoms with E-state index in [-0.39, 0.29) is 12.4 Å². The van der Waals surface area contributed by atoms with Gasteiger partial charge in [-0.05, 0) is 19.9 Å². The molecule has 0 atom stereocenters. The lowest BCUT2D eigenvalue weighted by Crippen LogP contribution is -2.08. The number of imidazole rings is 1. The fourth-order valence-corrected chi connectivity index (χ4v) is 1.55. The molecule has 0 aromatic carbocycles. The summed E-state index contributed by atoms with van der Waals surface area (Å²) in [6.07, 6.45) is 2.85. The summed E-state index contributed by atoms with van der Waals surface area (Å²) in [7, 11) is 0. The summed E-state index contributed by atoms with van der Waals surface area (Å²) in [6, 6.07) is 1.40. The molecule has 0 unspecified atom stereocenters. The van der Waals surface area contributed by atoms with Gasteiger partial charge in [0.25, 0.3) is 0 Å². The minimum absolute atomic E-state index is 0.247. The van der Waals surface area contributed by atoms with E-state index in [2.05, 4.69) is 9.97 Å². The van der Waals surface area contributed by atoms with Crippen molar-refractivity contribution >= 4 is 0 Å². The van der Waals surface area contributed by atoms with Crippen molar-refractivity contribution in [3.05, 3.63) is 41.4 Å². The minimum Gasteiger partial charge on any atom is -0.326 e. The average molecular weight is 220 g/mol. The Morgan fingerprint density at radius 3 is 2.69 bits per heavy atom. The molecule has 0 bridgehead atoms. The molecule has 0 fully saturated rings. The van der Waals surface area contributed by atoms with E-state index in [9.17, 15) is 4.39 Å². The number of nitrogens with two attached hydrogens (primary N) is 1. The lowest BCUT2D eigenvalue weighted by molar-refractivity contribution is 0.616. The average Bonchev–Trinajstić information content (AvgIpc) is 2.60. The first kappa shape index (κ1) is 10.8. The molecule has 0 aliphatic heterocycles. The summed E-state index contributed by atoms with van der Waals surface area (Å²) in [5.74, 6) is 0.265. The lowest BCUT2D eigenvalue weighted by atomic mass is 10.2. The predicted molar refractivity (Wildman–Crippen MR) is 58.7 cm³/mol. The van der Waals surface area contributed by atoms with Gasteiger partial charge in [-0.15, -0.1) is 0 Å². The second-order valence-electron chi connectivity index (χ2n) is 3.63. The zero-order valence-electron chi connectivity index (χ0n) is 9.24.